The van der Waals surface area contributed by atoms with E-state index in [4.69, 9.17) is 56.8 Å². The monoisotopic (exact) mass is 1070 g/mol. The zero-order valence-corrected chi connectivity index (χ0v) is 41.0. The first-order valence-corrected chi connectivity index (χ1v) is 23.7. The molecule has 418 valence electrons. The average Bonchev–Trinajstić information content (AvgIpc) is 3.40. The summed E-state index contributed by atoms with van der Waals surface area (Å²) >= 11 is 0. The lowest BCUT2D eigenvalue weighted by Crippen LogP contribution is -2.61. The zero-order chi connectivity index (χ0) is 54.8. The summed E-state index contributed by atoms with van der Waals surface area (Å²) in [5.41, 5.74) is 0.466. The molecule has 27 heteroatoms. The van der Waals surface area contributed by atoms with E-state index in [0.29, 0.717) is 5.56 Å². The van der Waals surface area contributed by atoms with Crippen molar-refractivity contribution in [2.75, 3.05) is 40.6 Å². The Balaban J connectivity index is 1.17. The number of aromatic hydroxyl groups is 1. The second kappa shape index (κ2) is 26.7. The van der Waals surface area contributed by atoms with Gasteiger partial charge in [-0.3, -0.25) is 9.59 Å². The fraction of sp³-hybridized carbons (Fsp3) is 0.625. The summed E-state index contributed by atoms with van der Waals surface area (Å²) in [6, 6.07) is 6.08. The third kappa shape index (κ3) is 13.7. The van der Waals surface area contributed by atoms with Crippen LogP contribution in [0.5, 0.6) is 5.75 Å². The van der Waals surface area contributed by atoms with Crippen LogP contribution in [0.2, 0.25) is 0 Å². The van der Waals surface area contributed by atoms with Gasteiger partial charge in [-0.2, -0.15) is 0 Å². The zero-order valence-electron chi connectivity index (χ0n) is 41.0. The predicted octanol–water partition coefficient (Wildman–Crippen LogP) is -3.78. The molecule has 0 aliphatic carbocycles. The fourth-order valence-electron chi connectivity index (χ4n) is 8.88. The molecule has 0 bridgehead atoms. The standard InChI is InChI=1S/C48H64O27/c1-5-22-24(26(42(62)64-3)17-68-44(22)74-46-39(60)36(57)33(54)28(15-49)70-46)13-31(52)67-19-30-35(56)38(59)41(48(72-30)66-12-11-20-7-9-21(51)10-8-20)73-32(53)14-25-23(6-2)45(69-18-27(25)43(63)65-4)75-47-40(61)37(58)34(55)29(16-50)71-47/h5-10,17-18,24-25,28-30,33-41,44-51,54-61H,11-16,19H2,1-4H3/b22-5+,23-6+/t24-,25+,28-,29-,30-,33-,34-,35-,36+,37+,38+,39-,40-,41-,44+,45-,46+,47+,48-/m1/s1. The highest BCUT2D eigenvalue weighted by Gasteiger charge is 2.51. The molecule has 3 saturated heterocycles. The molecule has 0 unspecified atom stereocenters. The lowest BCUT2D eigenvalue weighted by Gasteiger charge is -2.42. The van der Waals surface area contributed by atoms with Crippen LogP contribution >= 0.6 is 0 Å². The van der Waals surface area contributed by atoms with E-state index < -0.39 is 173 Å². The van der Waals surface area contributed by atoms with Crippen molar-refractivity contribution in [1.29, 1.82) is 0 Å². The summed E-state index contributed by atoms with van der Waals surface area (Å²) in [6.45, 7) is 0.552. The maximum atomic E-state index is 14.0. The highest BCUT2D eigenvalue weighted by molar-refractivity contribution is 5.91. The molecular weight excluding hydrogens is 1010 g/mol. The molecule has 75 heavy (non-hydrogen) atoms. The Morgan fingerprint density at radius 1 is 0.587 bits per heavy atom. The Hall–Kier alpha value is -5.18. The van der Waals surface area contributed by atoms with E-state index in [1.54, 1.807) is 12.1 Å². The number of carbonyl (C=O) groups excluding carboxylic acids is 4. The number of esters is 4. The number of methoxy groups -OCH3 is 2. The van der Waals surface area contributed by atoms with Crippen molar-refractivity contribution in [2.45, 2.75) is 138 Å². The van der Waals surface area contributed by atoms with Gasteiger partial charge >= 0.3 is 23.9 Å². The van der Waals surface area contributed by atoms with E-state index in [0.717, 1.165) is 26.7 Å². The summed E-state index contributed by atoms with van der Waals surface area (Å²) in [5, 5.41) is 114. The van der Waals surface area contributed by atoms with Crippen LogP contribution in [-0.4, -0.2) is 225 Å². The number of phenols is 1. The summed E-state index contributed by atoms with van der Waals surface area (Å²) < 4.78 is 66.8. The quantitative estimate of drug-likeness (QED) is 0.0360. The number of aliphatic hydroxyl groups is 10. The van der Waals surface area contributed by atoms with Gasteiger partial charge in [0.25, 0.3) is 0 Å². The highest BCUT2D eigenvalue weighted by atomic mass is 16.8. The molecular formula is C48H64O27. The number of aliphatic hydroxyl groups excluding tert-OH is 10. The maximum Gasteiger partial charge on any atom is 0.337 e. The molecule has 0 aromatic heterocycles. The predicted molar refractivity (Wildman–Crippen MR) is 243 cm³/mol. The van der Waals surface area contributed by atoms with Gasteiger partial charge in [0.1, 0.15) is 79.5 Å². The number of carbonyl (C=O) groups is 4. The SMILES string of the molecule is C/C=C1/[C@@H](O[C@@H]2O[C@H](CO)[C@@H](O)[C@H](O)[C@H]2O)OC=C(C(=O)OC)[C@H]1CC(=O)O[C@H]1[C@H](OCCc2ccc(O)cc2)O[C@H](COC(=O)C[C@H]2C(C(=O)OC)=CO[C@@H](O[C@@H]3O[C@H](CO)[C@@H](O)[C@H](O)[C@H]3O)/C2=C/C)[C@@H](O)[C@@H]1O. The van der Waals surface area contributed by atoms with Crippen LogP contribution < -0.4 is 0 Å². The number of rotatable bonds is 19. The number of ether oxygens (including phenoxy) is 12. The molecule has 11 N–H and O–H groups in total. The van der Waals surface area contributed by atoms with Crippen LogP contribution in [-0.2, 0) is 82.4 Å². The van der Waals surface area contributed by atoms with E-state index in [2.05, 4.69) is 0 Å². The summed E-state index contributed by atoms with van der Waals surface area (Å²) in [5.74, 6) is -6.43. The van der Waals surface area contributed by atoms with Gasteiger partial charge in [-0.05, 0) is 38.0 Å². The second-order valence-electron chi connectivity index (χ2n) is 17.8. The second-order valence-corrected chi connectivity index (χ2v) is 17.8. The number of hydrogen-bond acceptors (Lipinski definition) is 27. The summed E-state index contributed by atoms with van der Waals surface area (Å²) in [4.78, 5) is 53.6. The molecule has 5 heterocycles. The molecule has 5 aliphatic heterocycles. The van der Waals surface area contributed by atoms with Gasteiger partial charge in [0.05, 0.1) is 70.6 Å². The highest BCUT2D eigenvalue weighted by Crippen LogP contribution is 2.39. The minimum absolute atomic E-state index is 0.00290. The molecule has 1 aromatic rings. The lowest BCUT2D eigenvalue weighted by molar-refractivity contribution is -0.327. The van der Waals surface area contributed by atoms with Gasteiger partial charge in [0.15, 0.2) is 25.0 Å². The van der Waals surface area contributed by atoms with Crippen molar-refractivity contribution < 1.29 is 132 Å². The van der Waals surface area contributed by atoms with Crippen LogP contribution in [0.4, 0.5) is 0 Å². The summed E-state index contributed by atoms with van der Waals surface area (Å²) in [6.07, 6.45) is -25.2. The molecule has 0 radical (unpaired) electrons. The van der Waals surface area contributed by atoms with Crippen molar-refractivity contribution in [1.82, 2.24) is 0 Å². The van der Waals surface area contributed by atoms with Gasteiger partial charge in [0, 0.05) is 23.0 Å². The van der Waals surface area contributed by atoms with Crippen LogP contribution in [0.3, 0.4) is 0 Å². The van der Waals surface area contributed by atoms with Crippen LogP contribution in [0.15, 0.2) is 71.2 Å². The van der Waals surface area contributed by atoms with Gasteiger partial charge in [-0.1, -0.05) is 24.3 Å². The van der Waals surface area contributed by atoms with Crippen LogP contribution in [0.25, 0.3) is 0 Å². The average molecular weight is 1070 g/mol. The van der Waals surface area contributed by atoms with E-state index >= 15 is 0 Å². The minimum Gasteiger partial charge on any atom is -0.508 e. The van der Waals surface area contributed by atoms with Gasteiger partial charge in [-0.25, -0.2) is 9.59 Å². The lowest BCUT2D eigenvalue weighted by atomic mass is 9.86. The Morgan fingerprint density at radius 2 is 1.04 bits per heavy atom. The number of hydrogen-bond donors (Lipinski definition) is 11. The molecule has 5 aliphatic rings. The maximum absolute atomic E-state index is 14.0. The molecule has 6 rings (SSSR count). The smallest absolute Gasteiger partial charge is 0.337 e. The topological polar surface area (TPSA) is 402 Å². The van der Waals surface area contributed by atoms with Crippen molar-refractivity contribution in [2.24, 2.45) is 11.8 Å². The van der Waals surface area contributed by atoms with Crippen LogP contribution in [0, 0.1) is 11.8 Å². The molecule has 0 spiro atoms. The molecule has 3 fully saturated rings. The van der Waals surface area contributed by atoms with E-state index in [-0.39, 0.29) is 41.1 Å². The molecule has 0 saturated carbocycles. The normalized spacial score (nSPS) is 37.1. The first-order valence-electron chi connectivity index (χ1n) is 23.7. The number of phenolic OH excluding ortho intramolecular Hbond substituents is 1. The first kappa shape index (κ1) is 59.1. The van der Waals surface area contributed by atoms with Gasteiger partial charge in [0.2, 0.25) is 12.6 Å². The van der Waals surface area contributed by atoms with Crippen molar-refractivity contribution >= 4 is 23.9 Å². The van der Waals surface area contributed by atoms with Crippen LogP contribution in [0.1, 0.15) is 32.3 Å². The Kier molecular flexibility index (Phi) is 21.1. The van der Waals surface area contributed by atoms with Crippen molar-refractivity contribution in [3.05, 3.63) is 76.8 Å². The molecule has 19 atom stereocenters. The summed E-state index contributed by atoms with van der Waals surface area (Å²) in [7, 11) is 2.14. The van der Waals surface area contributed by atoms with Gasteiger partial charge in [-0.15, -0.1) is 0 Å². The van der Waals surface area contributed by atoms with Crippen molar-refractivity contribution in [3.8, 4) is 5.75 Å². The minimum atomic E-state index is -2.00. The molecule has 0 amide bonds. The number of benzene rings is 1. The first-order chi connectivity index (χ1) is 35.8. The van der Waals surface area contributed by atoms with Crippen molar-refractivity contribution in [3.63, 3.8) is 0 Å². The Labute approximate surface area is 428 Å². The Bertz CT molecular complexity index is 2230. The fourth-order valence-corrected chi connectivity index (χ4v) is 8.88. The third-order valence-electron chi connectivity index (χ3n) is 13.1. The molecule has 1 aromatic carbocycles. The molecule has 27 nitrogen and oxygen atoms in total. The van der Waals surface area contributed by atoms with Gasteiger partial charge < -0.3 is 113 Å². The van der Waals surface area contributed by atoms with E-state index in [9.17, 15) is 75.3 Å². The Morgan fingerprint density at radius 3 is 1.49 bits per heavy atom. The van der Waals surface area contributed by atoms with E-state index in [1.165, 1.54) is 38.1 Å². The number of allylic oxidation sites excluding steroid dienone is 2. The van der Waals surface area contributed by atoms with E-state index in [1.807, 2.05) is 0 Å². The third-order valence-corrected chi connectivity index (χ3v) is 13.1. The largest absolute Gasteiger partial charge is 0.508 e.